The Labute approximate surface area is 192 Å². The Balaban J connectivity index is 1.37. The summed E-state index contributed by atoms with van der Waals surface area (Å²) in [5.74, 6) is 2.09. The first-order chi connectivity index (χ1) is 15.7. The van der Waals surface area contributed by atoms with E-state index in [0.717, 1.165) is 70.4 Å². The standard InChI is InChI=1S/C26H36N6/c1-3-27-26(32-13-10-23(11-14-32)19-22-7-5-4-6-8-22)29-21-24-9-12-28-25(20-24)31-17-15-30(2)16-18-31/h4-9,12,19-20H,3,10-11,13-18,21H2,1-2H3,(H,27,29). The molecule has 0 amide bonds. The molecule has 1 N–H and O–H groups in total. The Kier molecular flexibility index (Phi) is 7.77. The van der Waals surface area contributed by atoms with Gasteiger partial charge >= 0.3 is 0 Å². The number of hydrogen-bond donors (Lipinski definition) is 1. The van der Waals surface area contributed by atoms with Gasteiger partial charge in [-0.1, -0.05) is 42.0 Å². The van der Waals surface area contributed by atoms with Gasteiger partial charge in [0.25, 0.3) is 0 Å². The van der Waals surface area contributed by atoms with Crippen LogP contribution in [0.3, 0.4) is 0 Å². The number of hydrogen-bond acceptors (Lipinski definition) is 4. The molecule has 2 fully saturated rings. The van der Waals surface area contributed by atoms with Gasteiger partial charge < -0.3 is 20.0 Å². The Bertz CT molecular complexity index is 905. The van der Waals surface area contributed by atoms with Crippen LogP contribution in [0.4, 0.5) is 5.82 Å². The maximum atomic E-state index is 4.97. The summed E-state index contributed by atoms with van der Waals surface area (Å²) in [5, 5.41) is 3.49. The minimum Gasteiger partial charge on any atom is -0.357 e. The summed E-state index contributed by atoms with van der Waals surface area (Å²) in [7, 11) is 2.18. The van der Waals surface area contributed by atoms with E-state index in [1.54, 1.807) is 0 Å². The van der Waals surface area contributed by atoms with Gasteiger partial charge in [-0.25, -0.2) is 9.98 Å². The van der Waals surface area contributed by atoms with Crippen LogP contribution in [0.2, 0.25) is 0 Å². The number of aliphatic imine (C=N–C) groups is 1. The van der Waals surface area contributed by atoms with Crippen molar-refractivity contribution in [3.63, 3.8) is 0 Å². The number of nitrogens with zero attached hydrogens (tertiary/aromatic N) is 5. The number of likely N-dealkylation sites (N-methyl/N-ethyl adjacent to an activating group) is 1. The zero-order valence-electron chi connectivity index (χ0n) is 19.5. The zero-order chi connectivity index (χ0) is 22.2. The number of piperazine rings is 1. The van der Waals surface area contributed by atoms with Gasteiger partial charge in [-0.3, -0.25) is 0 Å². The van der Waals surface area contributed by atoms with E-state index in [9.17, 15) is 0 Å². The van der Waals surface area contributed by atoms with E-state index in [1.807, 2.05) is 6.20 Å². The molecule has 4 rings (SSSR count). The second kappa shape index (κ2) is 11.1. The maximum absolute atomic E-state index is 4.97. The molecule has 1 aromatic heterocycles. The van der Waals surface area contributed by atoms with Crippen molar-refractivity contribution in [2.45, 2.75) is 26.3 Å². The van der Waals surface area contributed by atoms with Crippen LogP contribution >= 0.6 is 0 Å². The van der Waals surface area contributed by atoms with E-state index in [4.69, 9.17) is 4.99 Å². The molecule has 0 spiro atoms. The average Bonchev–Trinajstić information content (AvgIpc) is 2.84. The molecule has 6 heteroatoms. The van der Waals surface area contributed by atoms with E-state index in [0.29, 0.717) is 6.54 Å². The quantitative estimate of drug-likeness (QED) is 0.579. The van der Waals surface area contributed by atoms with Crippen molar-refractivity contribution in [3.8, 4) is 0 Å². The summed E-state index contributed by atoms with van der Waals surface area (Å²) in [6, 6.07) is 14.9. The van der Waals surface area contributed by atoms with Crippen molar-refractivity contribution < 1.29 is 0 Å². The molecular weight excluding hydrogens is 396 g/mol. The third kappa shape index (κ3) is 6.10. The number of anilines is 1. The van der Waals surface area contributed by atoms with Crippen LogP contribution in [0.5, 0.6) is 0 Å². The van der Waals surface area contributed by atoms with E-state index in [1.165, 1.54) is 16.7 Å². The third-order valence-electron chi connectivity index (χ3n) is 6.26. The average molecular weight is 433 g/mol. The number of nitrogens with one attached hydrogen (secondary N) is 1. The Morgan fingerprint density at radius 2 is 1.78 bits per heavy atom. The van der Waals surface area contributed by atoms with Crippen LogP contribution in [0.25, 0.3) is 6.08 Å². The minimum absolute atomic E-state index is 0.675. The summed E-state index contributed by atoms with van der Waals surface area (Å²) in [4.78, 5) is 16.7. The first-order valence-electron chi connectivity index (χ1n) is 11.9. The van der Waals surface area contributed by atoms with Crippen LogP contribution in [-0.4, -0.2) is 73.6 Å². The predicted molar refractivity (Wildman–Crippen MR) is 134 cm³/mol. The fourth-order valence-electron chi connectivity index (χ4n) is 4.29. The van der Waals surface area contributed by atoms with E-state index < -0.39 is 0 Å². The maximum Gasteiger partial charge on any atom is 0.194 e. The molecular formula is C26H36N6. The molecule has 0 aliphatic carbocycles. The highest BCUT2D eigenvalue weighted by atomic mass is 15.3. The third-order valence-corrected chi connectivity index (χ3v) is 6.26. The Morgan fingerprint density at radius 3 is 2.50 bits per heavy atom. The number of pyridine rings is 1. The Hall–Kier alpha value is -2.86. The number of guanidine groups is 1. The number of benzene rings is 1. The van der Waals surface area contributed by atoms with Gasteiger partial charge in [0, 0.05) is 52.0 Å². The number of likely N-dealkylation sites (tertiary alicyclic amines) is 1. The molecule has 2 aliphatic heterocycles. The Morgan fingerprint density at radius 1 is 1.03 bits per heavy atom. The van der Waals surface area contributed by atoms with Crippen molar-refractivity contribution >= 4 is 17.9 Å². The van der Waals surface area contributed by atoms with Gasteiger partial charge in [0.2, 0.25) is 0 Å². The molecule has 6 nitrogen and oxygen atoms in total. The van der Waals surface area contributed by atoms with Crippen molar-refractivity contribution in [3.05, 3.63) is 65.4 Å². The summed E-state index contributed by atoms with van der Waals surface area (Å²) >= 11 is 0. The zero-order valence-corrected chi connectivity index (χ0v) is 19.5. The highest BCUT2D eigenvalue weighted by Gasteiger charge is 2.18. The predicted octanol–water partition coefficient (Wildman–Crippen LogP) is 3.48. The fraction of sp³-hybridized carbons (Fsp3) is 0.462. The smallest absolute Gasteiger partial charge is 0.194 e. The number of aromatic nitrogens is 1. The summed E-state index contributed by atoms with van der Waals surface area (Å²) in [6.45, 7) is 9.95. The van der Waals surface area contributed by atoms with Gasteiger partial charge in [-0.05, 0) is 50.1 Å². The van der Waals surface area contributed by atoms with Crippen molar-refractivity contribution in [2.75, 3.05) is 57.8 Å². The minimum atomic E-state index is 0.675. The van der Waals surface area contributed by atoms with Gasteiger partial charge in [-0.2, -0.15) is 0 Å². The molecule has 32 heavy (non-hydrogen) atoms. The lowest BCUT2D eigenvalue weighted by molar-refractivity contribution is 0.312. The van der Waals surface area contributed by atoms with E-state index in [2.05, 4.69) is 87.5 Å². The van der Waals surface area contributed by atoms with Gasteiger partial charge in [0.1, 0.15) is 5.82 Å². The lowest BCUT2D eigenvalue weighted by Crippen LogP contribution is -2.45. The highest BCUT2D eigenvalue weighted by molar-refractivity contribution is 5.80. The largest absolute Gasteiger partial charge is 0.357 e. The molecule has 0 atom stereocenters. The topological polar surface area (TPSA) is 47.0 Å². The fourth-order valence-corrected chi connectivity index (χ4v) is 4.29. The van der Waals surface area contributed by atoms with Crippen LogP contribution in [0, 0.1) is 0 Å². The molecule has 2 saturated heterocycles. The molecule has 0 unspecified atom stereocenters. The summed E-state index contributed by atoms with van der Waals surface area (Å²) < 4.78 is 0. The molecule has 0 bridgehead atoms. The van der Waals surface area contributed by atoms with Crippen molar-refractivity contribution in [1.29, 1.82) is 0 Å². The summed E-state index contributed by atoms with van der Waals surface area (Å²) in [6.07, 6.45) is 6.44. The van der Waals surface area contributed by atoms with Crippen molar-refractivity contribution in [2.24, 2.45) is 4.99 Å². The normalized spacial score (nSPS) is 18.1. The second-order valence-corrected chi connectivity index (χ2v) is 8.68. The number of rotatable bonds is 5. The molecule has 1 aromatic carbocycles. The molecule has 3 heterocycles. The molecule has 0 radical (unpaired) electrons. The molecule has 170 valence electrons. The van der Waals surface area contributed by atoms with Crippen LogP contribution < -0.4 is 10.2 Å². The van der Waals surface area contributed by atoms with Gasteiger partial charge in [-0.15, -0.1) is 0 Å². The van der Waals surface area contributed by atoms with Crippen molar-refractivity contribution in [1.82, 2.24) is 20.1 Å². The SMILES string of the molecule is CCNC(=NCc1ccnc(N2CCN(C)CC2)c1)N1CCC(=Cc2ccccc2)CC1. The summed E-state index contributed by atoms with van der Waals surface area (Å²) in [5.41, 5.74) is 4.03. The second-order valence-electron chi connectivity index (χ2n) is 8.68. The van der Waals surface area contributed by atoms with Gasteiger partial charge in [0.15, 0.2) is 5.96 Å². The molecule has 0 saturated carbocycles. The lowest BCUT2D eigenvalue weighted by Gasteiger charge is -2.33. The van der Waals surface area contributed by atoms with E-state index in [-0.39, 0.29) is 0 Å². The van der Waals surface area contributed by atoms with Crippen LogP contribution in [0.1, 0.15) is 30.9 Å². The first kappa shape index (κ1) is 22.3. The van der Waals surface area contributed by atoms with Crippen LogP contribution in [-0.2, 0) is 6.54 Å². The molecule has 2 aliphatic rings. The highest BCUT2D eigenvalue weighted by Crippen LogP contribution is 2.20. The van der Waals surface area contributed by atoms with Gasteiger partial charge in [0.05, 0.1) is 6.54 Å². The monoisotopic (exact) mass is 432 g/mol. The lowest BCUT2D eigenvalue weighted by atomic mass is 10.0. The number of piperidine rings is 1. The van der Waals surface area contributed by atoms with Crippen LogP contribution in [0.15, 0.2) is 59.2 Å². The first-order valence-corrected chi connectivity index (χ1v) is 11.9. The van der Waals surface area contributed by atoms with E-state index >= 15 is 0 Å². The molecule has 2 aromatic rings.